The highest BCUT2D eigenvalue weighted by molar-refractivity contribution is 5.01. The van der Waals surface area contributed by atoms with Gasteiger partial charge in [-0.2, -0.15) is 0 Å². The average Bonchev–Trinajstić information content (AvgIpc) is 2.66. The minimum Gasteiger partial charge on any atom is -0.313 e. The Balaban J connectivity index is 1.65. The summed E-state index contributed by atoms with van der Waals surface area (Å²) in [6, 6.07) is 1.73. The van der Waals surface area contributed by atoms with Crippen LogP contribution in [0, 0.1) is 11.3 Å². The second-order valence-electron chi connectivity index (χ2n) is 7.16. The maximum absolute atomic E-state index is 3.75. The molecule has 2 aliphatic heterocycles. The summed E-state index contributed by atoms with van der Waals surface area (Å²) in [5, 5.41) is 3.75. The Hall–Kier alpha value is -0.0800. The summed E-state index contributed by atoms with van der Waals surface area (Å²) in [5.41, 5.74) is 0.512. The number of nitrogens with one attached hydrogen (secondary N) is 1. The topological polar surface area (TPSA) is 15.3 Å². The predicted molar refractivity (Wildman–Crippen MR) is 72.1 cm³/mol. The van der Waals surface area contributed by atoms with Crippen LogP contribution in [0.15, 0.2) is 0 Å². The average molecular weight is 236 g/mol. The third kappa shape index (κ3) is 2.26. The maximum atomic E-state index is 3.75. The van der Waals surface area contributed by atoms with E-state index in [0.29, 0.717) is 5.41 Å². The van der Waals surface area contributed by atoms with E-state index < -0.39 is 0 Å². The molecule has 2 heteroatoms. The maximum Gasteiger partial charge on any atom is 0.0125 e. The number of piperidine rings is 1. The zero-order valence-electron chi connectivity index (χ0n) is 11.5. The normalized spacial score (nSPS) is 39.2. The molecule has 17 heavy (non-hydrogen) atoms. The molecule has 0 bridgehead atoms. The predicted octanol–water partition coefficient (Wildman–Crippen LogP) is 2.64. The highest BCUT2D eigenvalue weighted by atomic mass is 15.2. The monoisotopic (exact) mass is 236 g/mol. The molecule has 3 rings (SSSR count). The molecule has 0 aromatic rings. The summed E-state index contributed by atoms with van der Waals surface area (Å²) < 4.78 is 0. The van der Waals surface area contributed by atoms with Gasteiger partial charge in [-0.25, -0.2) is 0 Å². The molecule has 2 nitrogen and oxygen atoms in total. The van der Waals surface area contributed by atoms with Gasteiger partial charge in [-0.05, 0) is 37.1 Å². The van der Waals surface area contributed by atoms with Crippen molar-refractivity contribution < 1.29 is 0 Å². The first-order valence-corrected chi connectivity index (χ1v) is 7.64. The van der Waals surface area contributed by atoms with Crippen LogP contribution < -0.4 is 5.32 Å². The minimum absolute atomic E-state index is 0.512. The Labute approximate surface area is 106 Å². The first-order valence-electron chi connectivity index (χ1n) is 7.64. The molecule has 98 valence electrons. The van der Waals surface area contributed by atoms with Gasteiger partial charge in [0.1, 0.15) is 0 Å². The van der Waals surface area contributed by atoms with Crippen molar-refractivity contribution >= 4 is 0 Å². The van der Waals surface area contributed by atoms with Crippen LogP contribution in [-0.2, 0) is 0 Å². The van der Waals surface area contributed by atoms with Gasteiger partial charge in [0.2, 0.25) is 0 Å². The summed E-state index contributed by atoms with van der Waals surface area (Å²) in [5.74, 6) is 0.887. The summed E-state index contributed by atoms with van der Waals surface area (Å²) in [4.78, 5) is 2.83. The zero-order valence-corrected chi connectivity index (χ0v) is 11.5. The summed E-state index contributed by atoms with van der Waals surface area (Å²) in [6.45, 7) is 8.83. The van der Waals surface area contributed by atoms with E-state index in [-0.39, 0.29) is 0 Å². The number of likely N-dealkylation sites (tertiary alicyclic amines) is 1. The molecule has 2 atom stereocenters. The van der Waals surface area contributed by atoms with E-state index in [9.17, 15) is 0 Å². The van der Waals surface area contributed by atoms with Crippen molar-refractivity contribution in [1.82, 2.24) is 10.2 Å². The third-order valence-corrected chi connectivity index (χ3v) is 5.56. The Kier molecular flexibility index (Phi) is 3.20. The van der Waals surface area contributed by atoms with E-state index in [1.807, 2.05) is 0 Å². The lowest BCUT2D eigenvalue weighted by molar-refractivity contribution is 0.0615. The standard InChI is InChI=1S/C15H28N2/c1-15(2)11-16-14-8-9-17(10-13(14)15)12-6-4-3-5-7-12/h12-14,16H,3-11H2,1-2H3. The molecule has 3 aliphatic rings. The fourth-order valence-corrected chi connectivity index (χ4v) is 4.32. The van der Waals surface area contributed by atoms with Crippen molar-refractivity contribution in [2.45, 2.75) is 64.5 Å². The Morgan fingerprint density at radius 3 is 2.59 bits per heavy atom. The summed E-state index contributed by atoms with van der Waals surface area (Å²) in [6.07, 6.45) is 8.72. The molecule has 1 N–H and O–H groups in total. The van der Waals surface area contributed by atoms with Gasteiger partial charge in [0.15, 0.2) is 0 Å². The summed E-state index contributed by atoms with van der Waals surface area (Å²) >= 11 is 0. The lowest BCUT2D eigenvalue weighted by atomic mass is 9.75. The van der Waals surface area contributed by atoms with Crippen LogP contribution >= 0.6 is 0 Å². The molecule has 1 aliphatic carbocycles. The molecular formula is C15H28N2. The van der Waals surface area contributed by atoms with Crippen LogP contribution in [0.1, 0.15) is 52.4 Å². The van der Waals surface area contributed by atoms with Gasteiger partial charge in [-0.1, -0.05) is 33.1 Å². The first kappa shape index (κ1) is 12.0. The fourth-order valence-electron chi connectivity index (χ4n) is 4.32. The molecule has 2 unspecified atom stereocenters. The van der Waals surface area contributed by atoms with E-state index in [0.717, 1.165) is 18.0 Å². The Bertz CT molecular complexity index is 268. The molecule has 0 radical (unpaired) electrons. The lowest BCUT2D eigenvalue weighted by Crippen LogP contribution is -2.51. The summed E-state index contributed by atoms with van der Waals surface area (Å²) in [7, 11) is 0. The molecule has 2 saturated heterocycles. The van der Waals surface area contributed by atoms with Crippen LogP contribution in [0.3, 0.4) is 0 Å². The van der Waals surface area contributed by atoms with Gasteiger partial charge < -0.3 is 5.32 Å². The molecular weight excluding hydrogens is 208 g/mol. The van der Waals surface area contributed by atoms with Crippen LogP contribution in [0.2, 0.25) is 0 Å². The van der Waals surface area contributed by atoms with Crippen LogP contribution in [0.4, 0.5) is 0 Å². The fraction of sp³-hybridized carbons (Fsp3) is 1.00. The Morgan fingerprint density at radius 2 is 1.82 bits per heavy atom. The van der Waals surface area contributed by atoms with Crippen molar-refractivity contribution in [3.63, 3.8) is 0 Å². The second kappa shape index (κ2) is 4.55. The van der Waals surface area contributed by atoms with Gasteiger partial charge in [-0.15, -0.1) is 0 Å². The SMILES string of the molecule is CC1(C)CNC2CCN(C3CCCCC3)CC21. The molecule has 0 amide bonds. The van der Waals surface area contributed by atoms with Gasteiger partial charge in [0.25, 0.3) is 0 Å². The number of hydrogen-bond acceptors (Lipinski definition) is 2. The van der Waals surface area contributed by atoms with E-state index in [1.54, 1.807) is 0 Å². The van der Waals surface area contributed by atoms with Gasteiger partial charge in [0.05, 0.1) is 0 Å². The molecule has 0 spiro atoms. The molecule has 1 saturated carbocycles. The van der Waals surface area contributed by atoms with E-state index in [4.69, 9.17) is 0 Å². The quantitative estimate of drug-likeness (QED) is 0.753. The largest absolute Gasteiger partial charge is 0.313 e. The van der Waals surface area contributed by atoms with Gasteiger partial charge in [-0.3, -0.25) is 4.90 Å². The number of hydrogen-bond donors (Lipinski definition) is 1. The molecule has 0 aromatic carbocycles. The van der Waals surface area contributed by atoms with E-state index in [2.05, 4.69) is 24.1 Å². The van der Waals surface area contributed by atoms with E-state index in [1.165, 1.54) is 58.2 Å². The van der Waals surface area contributed by atoms with Crippen LogP contribution in [-0.4, -0.2) is 36.6 Å². The Morgan fingerprint density at radius 1 is 1.06 bits per heavy atom. The van der Waals surface area contributed by atoms with Gasteiger partial charge in [0, 0.05) is 25.2 Å². The minimum atomic E-state index is 0.512. The molecule has 2 heterocycles. The van der Waals surface area contributed by atoms with Crippen molar-refractivity contribution in [2.24, 2.45) is 11.3 Å². The second-order valence-corrected chi connectivity index (χ2v) is 7.16. The van der Waals surface area contributed by atoms with Crippen molar-refractivity contribution in [3.05, 3.63) is 0 Å². The lowest BCUT2D eigenvalue weighted by Gasteiger charge is -2.44. The van der Waals surface area contributed by atoms with Crippen LogP contribution in [0.25, 0.3) is 0 Å². The van der Waals surface area contributed by atoms with Crippen molar-refractivity contribution in [1.29, 1.82) is 0 Å². The molecule has 3 fully saturated rings. The number of fused-ring (bicyclic) bond motifs is 1. The smallest absolute Gasteiger partial charge is 0.0125 e. The van der Waals surface area contributed by atoms with Crippen molar-refractivity contribution in [2.75, 3.05) is 19.6 Å². The highest BCUT2D eigenvalue weighted by Crippen LogP contribution is 2.40. The molecule has 0 aromatic heterocycles. The first-order chi connectivity index (χ1) is 8.17. The third-order valence-electron chi connectivity index (χ3n) is 5.56. The van der Waals surface area contributed by atoms with E-state index >= 15 is 0 Å². The number of nitrogens with zero attached hydrogens (tertiary/aromatic N) is 1. The van der Waals surface area contributed by atoms with Crippen molar-refractivity contribution in [3.8, 4) is 0 Å². The highest BCUT2D eigenvalue weighted by Gasteiger charge is 2.45. The van der Waals surface area contributed by atoms with Gasteiger partial charge >= 0.3 is 0 Å². The number of rotatable bonds is 1. The zero-order chi connectivity index (χ0) is 11.9. The van der Waals surface area contributed by atoms with Crippen LogP contribution in [0.5, 0.6) is 0 Å².